The number of fused-ring (bicyclic) bond motifs is 1. The average molecular weight is 448 g/mol. The van der Waals surface area contributed by atoms with E-state index in [0.717, 1.165) is 30.9 Å². The highest BCUT2D eigenvalue weighted by Crippen LogP contribution is 2.35. The Labute approximate surface area is 160 Å². The van der Waals surface area contributed by atoms with Crippen LogP contribution in [0.4, 0.5) is 4.39 Å². The van der Waals surface area contributed by atoms with E-state index in [1.165, 1.54) is 37.9 Å². The molecule has 2 unspecified atom stereocenters. The molecule has 1 N–H and O–H groups in total. The molecule has 1 aromatic rings. The fourth-order valence-electron chi connectivity index (χ4n) is 3.70. The number of hydrogen-bond donors (Lipinski definition) is 1. The van der Waals surface area contributed by atoms with Crippen molar-refractivity contribution in [1.29, 1.82) is 0 Å². The SMILES string of the molecule is CN=C(NCCOc1ncccc1F)N1CC2CCCCC2C1.I. The summed E-state index contributed by atoms with van der Waals surface area (Å²) in [6, 6.07) is 2.90. The number of nitrogens with zero attached hydrogens (tertiary/aromatic N) is 3. The van der Waals surface area contributed by atoms with Crippen LogP contribution in [0.5, 0.6) is 5.88 Å². The van der Waals surface area contributed by atoms with Crippen LogP contribution in [0.2, 0.25) is 0 Å². The van der Waals surface area contributed by atoms with E-state index in [9.17, 15) is 4.39 Å². The first-order valence-corrected chi connectivity index (χ1v) is 8.47. The lowest BCUT2D eigenvalue weighted by atomic mass is 9.82. The standard InChI is InChI=1S/C17H25FN4O.HI/c1-19-17(22-11-13-5-2-3-6-14(13)12-22)21-9-10-23-16-15(18)7-4-8-20-16;/h4,7-8,13-14H,2-3,5-6,9-12H2,1H3,(H,19,21);1H. The third-order valence-electron chi connectivity index (χ3n) is 4.84. The first kappa shape index (κ1) is 19.2. The lowest BCUT2D eigenvalue weighted by Gasteiger charge is -2.22. The minimum atomic E-state index is -0.430. The zero-order valence-electron chi connectivity index (χ0n) is 14.1. The first-order valence-electron chi connectivity index (χ1n) is 8.47. The quantitative estimate of drug-likeness (QED) is 0.333. The Morgan fingerprint density at radius 3 is 2.71 bits per heavy atom. The molecule has 2 heterocycles. The monoisotopic (exact) mass is 448 g/mol. The summed E-state index contributed by atoms with van der Waals surface area (Å²) in [5.41, 5.74) is 0. The molecule has 1 aromatic heterocycles. The van der Waals surface area contributed by atoms with Gasteiger partial charge in [-0.3, -0.25) is 4.99 Å². The molecular formula is C17H26FIN4O. The van der Waals surface area contributed by atoms with E-state index in [1.807, 2.05) is 7.05 Å². The number of likely N-dealkylation sites (tertiary alicyclic amines) is 1. The predicted molar refractivity (Wildman–Crippen MR) is 103 cm³/mol. The average Bonchev–Trinajstić information content (AvgIpc) is 3.00. The van der Waals surface area contributed by atoms with Crippen LogP contribution in [0.1, 0.15) is 25.7 Å². The van der Waals surface area contributed by atoms with Crippen molar-refractivity contribution in [2.75, 3.05) is 33.3 Å². The van der Waals surface area contributed by atoms with Gasteiger partial charge in [0, 0.05) is 26.3 Å². The minimum absolute atomic E-state index is 0. The summed E-state index contributed by atoms with van der Waals surface area (Å²) in [6.07, 6.45) is 6.95. The Balaban J connectivity index is 0.00000208. The highest BCUT2D eigenvalue weighted by atomic mass is 127. The van der Waals surface area contributed by atoms with E-state index in [1.54, 1.807) is 6.07 Å². The van der Waals surface area contributed by atoms with Crippen LogP contribution in [0, 0.1) is 17.7 Å². The molecule has 3 rings (SSSR count). The fraction of sp³-hybridized carbons (Fsp3) is 0.647. The molecule has 24 heavy (non-hydrogen) atoms. The molecule has 0 spiro atoms. The maximum Gasteiger partial charge on any atom is 0.250 e. The van der Waals surface area contributed by atoms with E-state index in [2.05, 4.69) is 20.2 Å². The summed E-state index contributed by atoms with van der Waals surface area (Å²) in [5.74, 6) is 2.18. The molecule has 1 saturated carbocycles. The molecule has 1 saturated heterocycles. The topological polar surface area (TPSA) is 49.8 Å². The van der Waals surface area contributed by atoms with Crippen molar-refractivity contribution in [3.63, 3.8) is 0 Å². The predicted octanol–water partition coefficient (Wildman–Crippen LogP) is 2.91. The zero-order valence-corrected chi connectivity index (χ0v) is 16.4. The molecule has 1 aliphatic heterocycles. The maximum absolute atomic E-state index is 13.4. The van der Waals surface area contributed by atoms with Crippen LogP contribution >= 0.6 is 24.0 Å². The number of halogens is 2. The molecule has 0 amide bonds. The Morgan fingerprint density at radius 1 is 1.38 bits per heavy atom. The fourth-order valence-corrected chi connectivity index (χ4v) is 3.70. The third kappa shape index (κ3) is 4.70. The van der Waals surface area contributed by atoms with Crippen molar-refractivity contribution in [1.82, 2.24) is 15.2 Å². The molecule has 7 heteroatoms. The highest BCUT2D eigenvalue weighted by Gasteiger charge is 2.35. The van der Waals surface area contributed by atoms with Gasteiger partial charge in [-0.2, -0.15) is 0 Å². The van der Waals surface area contributed by atoms with E-state index in [0.29, 0.717) is 13.2 Å². The number of aliphatic imine (C=N–C) groups is 1. The normalized spacial score (nSPS) is 23.4. The molecule has 5 nitrogen and oxygen atoms in total. The number of pyridine rings is 1. The van der Waals surface area contributed by atoms with Crippen LogP contribution in [-0.2, 0) is 0 Å². The van der Waals surface area contributed by atoms with Gasteiger partial charge < -0.3 is 15.0 Å². The number of guanidine groups is 1. The van der Waals surface area contributed by atoms with Gasteiger partial charge in [0.2, 0.25) is 5.88 Å². The Hall–Kier alpha value is -1.12. The smallest absolute Gasteiger partial charge is 0.250 e. The summed E-state index contributed by atoms with van der Waals surface area (Å²) in [7, 11) is 1.81. The third-order valence-corrected chi connectivity index (χ3v) is 4.84. The molecule has 2 aliphatic rings. The van der Waals surface area contributed by atoms with Crippen LogP contribution in [0.25, 0.3) is 0 Å². The van der Waals surface area contributed by atoms with Crippen LogP contribution in [0.3, 0.4) is 0 Å². The van der Waals surface area contributed by atoms with Crippen molar-refractivity contribution in [3.05, 3.63) is 24.1 Å². The number of aromatic nitrogens is 1. The lowest BCUT2D eigenvalue weighted by Crippen LogP contribution is -2.41. The van der Waals surface area contributed by atoms with Gasteiger partial charge in [-0.05, 0) is 36.8 Å². The molecule has 0 bridgehead atoms. The molecule has 2 fully saturated rings. The molecular weight excluding hydrogens is 422 g/mol. The largest absolute Gasteiger partial charge is 0.474 e. The summed E-state index contributed by atoms with van der Waals surface area (Å²) < 4.78 is 18.8. The van der Waals surface area contributed by atoms with Gasteiger partial charge in [0.05, 0.1) is 6.54 Å². The van der Waals surface area contributed by atoms with Gasteiger partial charge in [-0.1, -0.05) is 12.8 Å². The van der Waals surface area contributed by atoms with Crippen LogP contribution in [0.15, 0.2) is 23.3 Å². The van der Waals surface area contributed by atoms with Gasteiger partial charge in [0.25, 0.3) is 0 Å². The number of ether oxygens (including phenoxy) is 1. The molecule has 0 radical (unpaired) electrons. The van der Waals surface area contributed by atoms with Gasteiger partial charge in [-0.15, -0.1) is 24.0 Å². The van der Waals surface area contributed by atoms with Crippen molar-refractivity contribution in [2.24, 2.45) is 16.8 Å². The second-order valence-corrected chi connectivity index (χ2v) is 6.32. The van der Waals surface area contributed by atoms with Gasteiger partial charge in [0.15, 0.2) is 11.8 Å². The Kier molecular flexibility index (Phi) is 7.51. The summed E-state index contributed by atoms with van der Waals surface area (Å²) in [6.45, 7) is 3.13. The second-order valence-electron chi connectivity index (χ2n) is 6.32. The van der Waals surface area contributed by atoms with Crippen molar-refractivity contribution in [2.45, 2.75) is 25.7 Å². The zero-order chi connectivity index (χ0) is 16.1. The Morgan fingerprint density at radius 2 is 2.08 bits per heavy atom. The van der Waals surface area contributed by atoms with E-state index < -0.39 is 5.82 Å². The van der Waals surface area contributed by atoms with Gasteiger partial charge in [0.1, 0.15) is 6.61 Å². The van der Waals surface area contributed by atoms with E-state index in [-0.39, 0.29) is 29.9 Å². The van der Waals surface area contributed by atoms with Crippen molar-refractivity contribution < 1.29 is 9.13 Å². The highest BCUT2D eigenvalue weighted by molar-refractivity contribution is 14.0. The number of nitrogens with one attached hydrogen (secondary N) is 1. The Bertz CT molecular complexity index is 543. The van der Waals surface area contributed by atoms with Gasteiger partial charge in [-0.25, -0.2) is 9.37 Å². The van der Waals surface area contributed by atoms with Crippen molar-refractivity contribution >= 4 is 29.9 Å². The summed E-state index contributed by atoms with van der Waals surface area (Å²) >= 11 is 0. The molecule has 2 atom stereocenters. The summed E-state index contributed by atoms with van der Waals surface area (Å²) in [4.78, 5) is 10.6. The number of rotatable bonds is 4. The summed E-state index contributed by atoms with van der Waals surface area (Å²) in [5, 5.41) is 3.31. The lowest BCUT2D eigenvalue weighted by molar-refractivity contribution is 0.290. The first-order chi connectivity index (χ1) is 11.3. The van der Waals surface area contributed by atoms with E-state index >= 15 is 0 Å². The van der Waals surface area contributed by atoms with Crippen LogP contribution < -0.4 is 10.1 Å². The molecule has 1 aliphatic carbocycles. The van der Waals surface area contributed by atoms with E-state index in [4.69, 9.17) is 4.74 Å². The second kappa shape index (κ2) is 9.39. The number of hydrogen-bond acceptors (Lipinski definition) is 3. The minimum Gasteiger partial charge on any atom is -0.474 e. The van der Waals surface area contributed by atoms with Crippen LogP contribution in [-0.4, -0.2) is 49.1 Å². The molecule has 0 aromatic carbocycles. The van der Waals surface area contributed by atoms with Gasteiger partial charge >= 0.3 is 0 Å². The van der Waals surface area contributed by atoms with Crippen molar-refractivity contribution in [3.8, 4) is 5.88 Å². The maximum atomic E-state index is 13.4. The molecule has 134 valence electrons.